The van der Waals surface area contributed by atoms with Crippen LogP contribution in [0.15, 0.2) is 48.7 Å². The normalized spacial score (nSPS) is 11.7. The van der Waals surface area contributed by atoms with Gasteiger partial charge < -0.3 is 10.6 Å². The van der Waals surface area contributed by atoms with E-state index in [1.165, 1.54) is 0 Å². The number of anilines is 1. The smallest absolute Gasteiger partial charge is 0.319 e. The molecule has 0 aliphatic rings. The van der Waals surface area contributed by atoms with Gasteiger partial charge in [-0.05, 0) is 38.1 Å². The van der Waals surface area contributed by atoms with E-state index in [1.807, 2.05) is 56.3 Å². The lowest BCUT2D eigenvalue weighted by Crippen LogP contribution is -2.31. The van der Waals surface area contributed by atoms with Crippen LogP contribution >= 0.6 is 0 Å². The van der Waals surface area contributed by atoms with E-state index in [2.05, 4.69) is 15.6 Å². The van der Waals surface area contributed by atoms with Crippen LogP contribution in [-0.2, 0) is 0 Å². The van der Waals surface area contributed by atoms with Gasteiger partial charge >= 0.3 is 6.03 Å². The average Bonchev–Trinajstić information content (AvgIpc) is 2.42. The lowest BCUT2D eigenvalue weighted by molar-refractivity contribution is 0.249. The minimum Gasteiger partial charge on any atom is -0.330 e. The molecule has 0 spiro atoms. The fraction of sp³-hybridized carbons (Fsp3) is 0.200. The van der Waals surface area contributed by atoms with Crippen molar-refractivity contribution < 1.29 is 4.79 Å². The van der Waals surface area contributed by atoms with E-state index < -0.39 is 0 Å². The molecule has 1 aromatic carbocycles. The lowest BCUT2D eigenvalue weighted by atomic mass is 10.2. The molecule has 98 valence electrons. The SMILES string of the molecule is Cc1ccc(NC(=O)N[C@H](C)c2ccccn2)cc1. The highest BCUT2D eigenvalue weighted by Crippen LogP contribution is 2.10. The standard InChI is InChI=1S/C15H17N3O/c1-11-6-8-13(9-7-11)18-15(19)17-12(2)14-5-3-4-10-16-14/h3-10,12H,1-2H3,(H2,17,18,19)/t12-/m1/s1. The van der Waals surface area contributed by atoms with Gasteiger partial charge in [0.2, 0.25) is 0 Å². The van der Waals surface area contributed by atoms with Gasteiger partial charge in [0.05, 0.1) is 11.7 Å². The van der Waals surface area contributed by atoms with Gasteiger partial charge in [0, 0.05) is 11.9 Å². The van der Waals surface area contributed by atoms with Crippen LogP contribution in [0.3, 0.4) is 0 Å². The number of hydrogen-bond donors (Lipinski definition) is 2. The molecule has 0 fully saturated rings. The average molecular weight is 255 g/mol. The first-order chi connectivity index (χ1) is 9.15. The number of carbonyl (C=O) groups is 1. The predicted octanol–water partition coefficient (Wildman–Crippen LogP) is 3.27. The second-order valence-electron chi connectivity index (χ2n) is 4.44. The number of benzene rings is 1. The lowest BCUT2D eigenvalue weighted by Gasteiger charge is -2.14. The molecule has 0 aliphatic heterocycles. The van der Waals surface area contributed by atoms with Crippen LogP contribution in [0.4, 0.5) is 10.5 Å². The van der Waals surface area contributed by atoms with Crippen molar-refractivity contribution in [3.63, 3.8) is 0 Å². The van der Waals surface area contributed by atoms with E-state index in [0.29, 0.717) is 0 Å². The molecule has 0 saturated carbocycles. The maximum absolute atomic E-state index is 11.8. The maximum atomic E-state index is 11.8. The van der Waals surface area contributed by atoms with Crippen LogP contribution in [0, 0.1) is 6.92 Å². The van der Waals surface area contributed by atoms with Gasteiger partial charge in [-0.2, -0.15) is 0 Å². The molecule has 0 aliphatic carbocycles. The van der Waals surface area contributed by atoms with Gasteiger partial charge in [0.1, 0.15) is 0 Å². The Bertz CT molecular complexity index is 537. The van der Waals surface area contributed by atoms with Gasteiger partial charge in [-0.3, -0.25) is 4.98 Å². The Morgan fingerprint density at radius 2 is 1.89 bits per heavy atom. The number of nitrogens with one attached hydrogen (secondary N) is 2. The van der Waals surface area contributed by atoms with Gasteiger partial charge in [-0.25, -0.2) is 4.79 Å². The molecule has 0 unspecified atom stereocenters. The summed E-state index contributed by atoms with van der Waals surface area (Å²) in [7, 11) is 0. The maximum Gasteiger partial charge on any atom is 0.319 e. The molecule has 19 heavy (non-hydrogen) atoms. The molecule has 2 amide bonds. The molecule has 4 nitrogen and oxygen atoms in total. The number of aromatic nitrogens is 1. The third-order valence-electron chi connectivity index (χ3n) is 2.79. The van der Waals surface area contributed by atoms with Crippen LogP contribution in [0.25, 0.3) is 0 Å². The highest BCUT2D eigenvalue weighted by Gasteiger charge is 2.09. The van der Waals surface area contributed by atoms with Gasteiger partial charge in [-0.15, -0.1) is 0 Å². The Morgan fingerprint density at radius 3 is 2.53 bits per heavy atom. The molecule has 1 atom stereocenters. The van der Waals surface area contributed by atoms with Crippen LogP contribution < -0.4 is 10.6 Å². The molecule has 4 heteroatoms. The summed E-state index contributed by atoms with van der Waals surface area (Å²) in [5, 5.41) is 5.64. The summed E-state index contributed by atoms with van der Waals surface area (Å²) >= 11 is 0. The summed E-state index contributed by atoms with van der Waals surface area (Å²) in [5.41, 5.74) is 2.77. The molecule has 1 aromatic heterocycles. The topological polar surface area (TPSA) is 54.0 Å². The number of hydrogen-bond acceptors (Lipinski definition) is 2. The van der Waals surface area contributed by atoms with Gasteiger partial charge in [0.15, 0.2) is 0 Å². The summed E-state index contributed by atoms with van der Waals surface area (Å²) in [5.74, 6) is 0. The second-order valence-corrected chi connectivity index (χ2v) is 4.44. The first-order valence-electron chi connectivity index (χ1n) is 6.20. The van der Waals surface area contributed by atoms with Crippen LogP contribution in [0.2, 0.25) is 0 Å². The molecule has 0 radical (unpaired) electrons. The van der Waals surface area contributed by atoms with Crippen molar-refractivity contribution in [2.75, 3.05) is 5.32 Å². The Hall–Kier alpha value is -2.36. The summed E-state index contributed by atoms with van der Waals surface area (Å²) in [4.78, 5) is 16.0. The van der Waals surface area contributed by atoms with E-state index in [0.717, 1.165) is 16.9 Å². The molecule has 2 aromatic rings. The predicted molar refractivity (Wildman–Crippen MR) is 76.0 cm³/mol. The van der Waals surface area contributed by atoms with Gasteiger partial charge in [-0.1, -0.05) is 23.8 Å². The Labute approximate surface area is 112 Å². The van der Waals surface area contributed by atoms with Crippen LogP contribution in [0.1, 0.15) is 24.2 Å². The van der Waals surface area contributed by atoms with E-state index in [4.69, 9.17) is 0 Å². The van der Waals surface area contributed by atoms with Crippen molar-refractivity contribution in [3.05, 3.63) is 59.9 Å². The third-order valence-corrected chi connectivity index (χ3v) is 2.79. The number of nitrogens with zero attached hydrogens (tertiary/aromatic N) is 1. The minimum atomic E-state index is -0.234. The molecular formula is C15H17N3O. The third kappa shape index (κ3) is 3.81. The number of aryl methyl sites for hydroxylation is 1. The molecule has 0 bridgehead atoms. The van der Waals surface area contributed by atoms with Crippen LogP contribution in [-0.4, -0.2) is 11.0 Å². The minimum absolute atomic E-state index is 0.133. The quantitative estimate of drug-likeness (QED) is 0.884. The number of carbonyl (C=O) groups excluding carboxylic acids is 1. The van der Waals surface area contributed by atoms with E-state index in [-0.39, 0.29) is 12.1 Å². The van der Waals surface area contributed by atoms with E-state index in [9.17, 15) is 4.79 Å². The summed E-state index contributed by atoms with van der Waals surface area (Å²) in [6, 6.07) is 12.9. The largest absolute Gasteiger partial charge is 0.330 e. The first kappa shape index (κ1) is 13.1. The highest BCUT2D eigenvalue weighted by molar-refractivity contribution is 5.89. The molecule has 2 N–H and O–H groups in total. The van der Waals surface area contributed by atoms with Crippen molar-refractivity contribution in [2.24, 2.45) is 0 Å². The summed E-state index contributed by atoms with van der Waals surface area (Å²) in [6.07, 6.45) is 1.71. The molecule has 1 heterocycles. The van der Waals surface area contributed by atoms with Crippen molar-refractivity contribution >= 4 is 11.7 Å². The summed E-state index contributed by atoms with van der Waals surface area (Å²) < 4.78 is 0. The van der Waals surface area contributed by atoms with Crippen molar-refractivity contribution in [1.82, 2.24) is 10.3 Å². The monoisotopic (exact) mass is 255 g/mol. The fourth-order valence-electron chi connectivity index (χ4n) is 1.71. The first-order valence-corrected chi connectivity index (χ1v) is 6.20. The second kappa shape index (κ2) is 6.00. The zero-order chi connectivity index (χ0) is 13.7. The zero-order valence-electron chi connectivity index (χ0n) is 11.1. The van der Waals surface area contributed by atoms with Crippen LogP contribution in [0.5, 0.6) is 0 Å². The Kier molecular flexibility index (Phi) is 4.13. The van der Waals surface area contributed by atoms with E-state index >= 15 is 0 Å². The Morgan fingerprint density at radius 1 is 1.16 bits per heavy atom. The number of urea groups is 1. The summed E-state index contributed by atoms with van der Waals surface area (Å²) in [6.45, 7) is 3.91. The fourth-order valence-corrected chi connectivity index (χ4v) is 1.71. The number of amides is 2. The molecule has 0 saturated heterocycles. The van der Waals surface area contributed by atoms with E-state index in [1.54, 1.807) is 6.20 Å². The van der Waals surface area contributed by atoms with Crippen molar-refractivity contribution in [1.29, 1.82) is 0 Å². The zero-order valence-corrected chi connectivity index (χ0v) is 11.1. The highest BCUT2D eigenvalue weighted by atomic mass is 16.2. The Balaban J connectivity index is 1.93. The molecular weight excluding hydrogens is 238 g/mol. The number of pyridine rings is 1. The van der Waals surface area contributed by atoms with Crippen molar-refractivity contribution in [2.45, 2.75) is 19.9 Å². The van der Waals surface area contributed by atoms with Crippen molar-refractivity contribution in [3.8, 4) is 0 Å². The van der Waals surface area contributed by atoms with Gasteiger partial charge in [0.25, 0.3) is 0 Å². The number of rotatable bonds is 3. The molecule has 2 rings (SSSR count).